The van der Waals surface area contributed by atoms with Crippen LogP contribution in [0.5, 0.6) is 5.75 Å². The van der Waals surface area contributed by atoms with Gasteiger partial charge in [-0.2, -0.15) is 0 Å². The molecule has 0 unspecified atom stereocenters. The number of amides is 1. The van der Waals surface area contributed by atoms with Crippen molar-refractivity contribution in [2.75, 3.05) is 20.2 Å². The molecular formula is C19H23FN2O2. The van der Waals surface area contributed by atoms with Gasteiger partial charge >= 0.3 is 0 Å². The number of carbonyl (C=O) groups is 1. The average Bonchev–Trinajstić information content (AvgIpc) is 2.59. The van der Waals surface area contributed by atoms with Crippen LogP contribution in [0.15, 0.2) is 48.5 Å². The van der Waals surface area contributed by atoms with Gasteiger partial charge in [0.2, 0.25) is 5.91 Å². The number of hydrogen-bond acceptors (Lipinski definition) is 3. The summed E-state index contributed by atoms with van der Waals surface area (Å²) < 4.78 is 18.5. The first-order chi connectivity index (χ1) is 11.6. The number of para-hydroxylation sites is 1. The van der Waals surface area contributed by atoms with Crippen molar-refractivity contribution in [2.24, 2.45) is 0 Å². The van der Waals surface area contributed by atoms with E-state index in [1.807, 2.05) is 42.2 Å². The first-order valence-electron chi connectivity index (χ1n) is 7.97. The Hall–Kier alpha value is -2.40. The van der Waals surface area contributed by atoms with E-state index in [4.69, 9.17) is 4.74 Å². The third kappa shape index (κ3) is 5.35. The molecule has 1 amide bonds. The van der Waals surface area contributed by atoms with Crippen LogP contribution in [0.2, 0.25) is 0 Å². The number of nitrogens with zero attached hydrogens (tertiary/aromatic N) is 1. The Morgan fingerprint density at radius 2 is 2.00 bits per heavy atom. The van der Waals surface area contributed by atoms with E-state index >= 15 is 0 Å². The van der Waals surface area contributed by atoms with Crippen molar-refractivity contribution >= 4 is 5.91 Å². The Kier molecular flexibility index (Phi) is 6.75. The Labute approximate surface area is 142 Å². The Morgan fingerprint density at radius 3 is 2.71 bits per heavy atom. The zero-order valence-electron chi connectivity index (χ0n) is 14.1. The number of ether oxygens (including phenoxy) is 1. The highest BCUT2D eigenvalue weighted by molar-refractivity contribution is 5.78. The predicted octanol–water partition coefficient (Wildman–Crippen LogP) is 2.97. The second-order valence-corrected chi connectivity index (χ2v) is 5.52. The molecule has 0 heterocycles. The van der Waals surface area contributed by atoms with Crippen LogP contribution in [-0.4, -0.2) is 31.0 Å². The number of nitrogens with one attached hydrogen (secondary N) is 1. The number of rotatable bonds is 8. The number of likely N-dealkylation sites (N-methyl/N-ethyl adjacent to an activating group) is 1. The molecule has 0 atom stereocenters. The number of carbonyl (C=O) groups excluding carboxylic acids is 1. The normalized spacial score (nSPS) is 10.7. The molecule has 4 nitrogen and oxygen atoms in total. The Morgan fingerprint density at radius 1 is 1.21 bits per heavy atom. The lowest BCUT2D eigenvalue weighted by molar-refractivity contribution is -0.122. The van der Waals surface area contributed by atoms with Crippen LogP contribution in [0.3, 0.4) is 0 Å². The van der Waals surface area contributed by atoms with E-state index in [-0.39, 0.29) is 18.3 Å². The third-order valence-corrected chi connectivity index (χ3v) is 3.78. The van der Waals surface area contributed by atoms with E-state index in [0.717, 1.165) is 16.9 Å². The monoisotopic (exact) mass is 330 g/mol. The second-order valence-electron chi connectivity index (χ2n) is 5.52. The van der Waals surface area contributed by atoms with Gasteiger partial charge in [0.1, 0.15) is 11.6 Å². The van der Waals surface area contributed by atoms with E-state index in [0.29, 0.717) is 19.6 Å². The summed E-state index contributed by atoms with van der Waals surface area (Å²) in [5.41, 5.74) is 1.79. The van der Waals surface area contributed by atoms with Gasteiger partial charge in [0.05, 0.1) is 13.7 Å². The van der Waals surface area contributed by atoms with Gasteiger partial charge in [-0.1, -0.05) is 37.3 Å². The molecule has 2 rings (SSSR count). The first-order valence-corrected chi connectivity index (χ1v) is 7.97. The maximum atomic E-state index is 13.3. The minimum Gasteiger partial charge on any atom is -0.496 e. The minimum atomic E-state index is -0.260. The topological polar surface area (TPSA) is 41.6 Å². The van der Waals surface area contributed by atoms with Gasteiger partial charge in [-0.3, -0.25) is 9.69 Å². The molecule has 1 N–H and O–H groups in total. The largest absolute Gasteiger partial charge is 0.496 e. The van der Waals surface area contributed by atoms with Crippen molar-refractivity contribution in [1.29, 1.82) is 0 Å². The molecule has 0 aliphatic carbocycles. The third-order valence-electron chi connectivity index (χ3n) is 3.78. The summed E-state index contributed by atoms with van der Waals surface area (Å²) in [6, 6.07) is 14.0. The SMILES string of the molecule is CCN(CC(=O)NCc1ccccc1OC)Cc1cccc(F)c1. The molecule has 0 bridgehead atoms. The molecule has 0 saturated carbocycles. The first kappa shape index (κ1) is 17.9. The Bertz CT molecular complexity index is 676. The van der Waals surface area contributed by atoms with Crippen LogP contribution in [0.4, 0.5) is 4.39 Å². The van der Waals surface area contributed by atoms with Crippen LogP contribution in [-0.2, 0) is 17.9 Å². The average molecular weight is 330 g/mol. The van der Waals surface area contributed by atoms with Gasteiger partial charge < -0.3 is 10.1 Å². The molecule has 2 aromatic carbocycles. The highest BCUT2D eigenvalue weighted by Gasteiger charge is 2.11. The highest BCUT2D eigenvalue weighted by atomic mass is 19.1. The fraction of sp³-hybridized carbons (Fsp3) is 0.316. The van der Waals surface area contributed by atoms with Crippen LogP contribution >= 0.6 is 0 Å². The van der Waals surface area contributed by atoms with E-state index in [1.54, 1.807) is 13.2 Å². The lowest BCUT2D eigenvalue weighted by Crippen LogP contribution is -2.36. The summed E-state index contributed by atoms with van der Waals surface area (Å²) >= 11 is 0. The Balaban J connectivity index is 1.87. The molecule has 0 fully saturated rings. The van der Waals surface area contributed by atoms with Crippen molar-refractivity contribution in [1.82, 2.24) is 10.2 Å². The van der Waals surface area contributed by atoms with Crippen molar-refractivity contribution in [3.63, 3.8) is 0 Å². The molecule has 0 aliphatic rings. The van der Waals surface area contributed by atoms with E-state index in [9.17, 15) is 9.18 Å². The smallest absolute Gasteiger partial charge is 0.234 e. The summed E-state index contributed by atoms with van der Waals surface area (Å²) in [4.78, 5) is 14.1. The zero-order chi connectivity index (χ0) is 17.4. The summed E-state index contributed by atoms with van der Waals surface area (Å²) in [7, 11) is 1.61. The molecule has 0 saturated heterocycles. The van der Waals surface area contributed by atoms with Gasteiger partial charge in [0, 0.05) is 18.7 Å². The van der Waals surface area contributed by atoms with Crippen molar-refractivity contribution in [3.05, 3.63) is 65.5 Å². The summed E-state index contributed by atoms with van der Waals surface area (Å²) in [6.45, 7) is 3.91. The zero-order valence-corrected chi connectivity index (χ0v) is 14.1. The molecule has 0 spiro atoms. The fourth-order valence-electron chi connectivity index (χ4n) is 2.47. The van der Waals surface area contributed by atoms with Gasteiger partial charge in [0.25, 0.3) is 0 Å². The molecule has 128 valence electrons. The summed E-state index contributed by atoms with van der Waals surface area (Å²) in [5, 5.41) is 2.90. The quantitative estimate of drug-likeness (QED) is 0.809. The van der Waals surface area contributed by atoms with Crippen LogP contribution in [0, 0.1) is 5.82 Å². The van der Waals surface area contributed by atoms with Gasteiger partial charge in [-0.05, 0) is 30.3 Å². The predicted molar refractivity (Wildman–Crippen MR) is 92.2 cm³/mol. The number of hydrogen-bond donors (Lipinski definition) is 1. The number of methoxy groups -OCH3 is 1. The van der Waals surface area contributed by atoms with Gasteiger partial charge in [0.15, 0.2) is 0 Å². The molecule has 0 aliphatic heterocycles. The van der Waals surface area contributed by atoms with Gasteiger partial charge in [-0.25, -0.2) is 4.39 Å². The second kappa shape index (κ2) is 9.03. The highest BCUT2D eigenvalue weighted by Crippen LogP contribution is 2.16. The standard InChI is InChI=1S/C19H23FN2O2/c1-3-22(13-15-7-6-9-17(20)11-15)14-19(23)21-12-16-8-4-5-10-18(16)24-2/h4-11H,3,12-14H2,1-2H3,(H,21,23). The number of halogens is 1. The van der Waals surface area contributed by atoms with E-state index in [2.05, 4.69) is 5.32 Å². The molecule has 0 aromatic heterocycles. The number of benzene rings is 2. The van der Waals surface area contributed by atoms with Gasteiger partial charge in [-0.15, -0.1) is 0 Å². The van der Waals surface area contributed by atoms with E-state index in [1.165, 1.54) is 12.1 Å². The maximum Gasteiger partial charge on any atom is 0.234 e. The van der Waals surface area contributed by atoms with E-state index < -0.39 is 0 Å². The van der Waals surface area contributed by atoms with Crippen LogP contribution in [0.25, 0.3) is 0 Å². The molecule has 24 heavy (non-hydrogen) atoms. The van der Waals surface area contributed by atoms with Crippen molar-refractivity contribution < 1.29 is 13.9 Å². The fourth-order valence-corrected chi connectivity index (χ4v) is 2.47. The van der Waals surface area contributed by atoms with Crippen LogP contribution < -0.4 is 10.1 Å². The lowest BCUT2D eigenvalue weighted by atomic mass is 10.2. The summed E-state index contributed by atoms with van der Waals surface area (Å²) in [5.74, 6) is 0.424. The minimum absolute atomic E-state index is 0.0702. The van der Waals surface area contributed by atoms with Crippen molar-refractivity contribution in [2.45, 2.75) is 20.0 Å². The maximum absolute atomic E-state index is 13.3. The summed E-state index contributed by atoms with van der Waals surface area (Å²) in [6.07, 6.45) is 0. The molecular weight excluding hydrogens is 307 g/mol. The molecule has 5 heteroatoms. The molecule has 0 radical (unpaired) electrons. The lowest BCUT2D eigenvalue weighted by Gasteiger charge is -2.20. The van der Waals surface area contributed by atoms with Crippen LogP contribution in [0.1, 0.15) is 18.1 Å². The van der Waals surface area contributed by atoms with Crippen molar-refractivity contribution in [3.8, 4) is 5.75 Å². The molecule has 2 aromatic rings.